The van der Waals surface area contributed by atoms with Gasteiger partial charge in [0.15, 0.2) is 0 Å². The molecule has 0 fully saturated rings. The van der Waals surface area contributed by atoms with Gasteiger partial charge in [0, 0.05) is 45.6 Å². The monoisotopic (exact) mass is 480 g/mol. The molecule has 0 unspecified atom stereocenters. The van der Waals surface area contributed by atoms with Crippen LogP contribution >= 0.6 is 35.0 Å². The topological polar surface area (TPSA) is 49.4 Å². The Balaban J connectivity index is 2.10. The van der Waals surface area contributed by atoms with Crippen molar-refractivity contribution in [2.75, 3.05) is 5.75 Å². The molecule has 0 saturated carbocycles. The number of rotatable bonds is 9. The minimum atomic E-state index is -0.654. The number of benzene rings is 2. The lowest BCUT2D eigenvalue weighted by Gasteiger charge is -2.32. The molecule has 0 heterocycles. The molecular formula is C24H30Cl2N2O2S. The number of hydrogen-bond donors (Lipinski definition) is 1. The number of thioether (sulfide) groups is 1. The molecule has 4 nitrogen and oxygen atoms in total. The normalized spacial score (nSPS) is 12.3. The molecule has 168 valence electrons. The van der Waals surface area contributed by atoms with Crippen molar-refractivity contribution in [3.8, 4) is 0 Å². The van der Waals surface area contributed by atoms with Gasteiger partial charge in [-0.2, -0.15) is 11.8 Å². The van der Waals surface area contributed by atoms with Crippen molar-refractivity contribution < 1.29 is 9.59 Å². The van der Waals surface area contributed by atoms with Gasteiger partial charge >= 0.3 is 0 Å². The first-order valence-electron chi connectivity index (χ1n) is 10.2. The van der Waals surface area contributed by atoms with Crippen LogP contribution in [-0.2, 0) is 21.9 Å². The maximum atomic E-state index is 13.1. The van der Waals surface area contributed by atoms with Crippen molar-refractivity contribution in [1.82, 2.24) is 10.2 Å². The first-order valence-corrected chi connectivity index (χ1v) is 12.2. The Bertz CT molecular complexity index is 865. The molecule has 1 N–H and O–H groups in total. The summed E-state index contributed by atoms with van der Waals surface area (Å²) in [6.07, 6.45) is 0.326. The van der Waals surface area contributed by atoms with Crippen LogP contribution in [0.15, 0.2) is 48.5 Å². The van der Waals surface area contributed by atoms with Gasteiger partial charge in [0.05, 0.1) is 0 Å². The summed E-state index contributed by atoms with van der Waals surface area (Å²) in [6.45, 7) is 7.65. The highest BCUT2D eigenvalue weighted by atomic mass is 35.5. The predicted octanol–water partition coefficient (Wildman–Crippen LogP) is 5.95. The highest BCUT2D eigenvalue weighted by Gasteiger charge is 2.29. The van der Waals surface area contributed by atoms with Crippen LogP contribution in [0.3, 0.4) is 0 Å². The Labute approximate surface area is 199 Å². The van der Waals surface area contributed by atoms with Crippen LogP contribution in [0.5, 0.6) is 0 Å². The van der Waals surface area contributed by atoms with Gasteiger partial charge in [-0.15, -0.1) is 0 Å². The maximum absolute atomic E-state index is 13.1. The largest absolute Gasteiger partial charge is 0.350 e. The molecule has 7 heteroatoms. The molecule has 2 rings (SSSR count). The standard InChI is InChI=1S/C24H30Cl2N2O2S/c1-17(23(30)27-24(2,3)4)28(15-19-20(25)11-8-12-21(19)26)22(29)13-14-31-16-18-9-6-5-7-10-18/h5-12,17H,13-16H2,1-4H3,(H,27,30)/t17-/m1/s1. The van der Waals surface area contributed by atoms with Crippen molar-refractivity contribution in [2.24, 2.45) is 0 Å². The number of nitrogens with zero attached hydrogens (tertiary/aromatic N) is 1. The molecule has 31 heavy (non-hydrogen) atoms. The summed E-state index contributed by atoms with van der Waals surface area (Å²) in [4.78, 5) is 27.5. The van der Waals surface area contributed by atoms with Crippen molar-refractivity contribution >= 4 is 46.8 Å². The van der Waals surface area contributed by atoms with Crippen LogP contribution in [0.2, 0.25) is 10.0 Å². The van der Waals surface area contributed by atoms with E-state index in [4.69, 9.17) is 23.2 Å². The van der Waals surface area contributed by atoms with Crippen LogP contribution in [0, 0.1) is 0 Å². The lowest BCUT2D eigenvalue weighted by molar-refractivity contribution is -0.140. The molecule has 0 spiro atoms. The number of carbonyl (C=O) groups is 2. The minimum absolute atomic E-state index is 0.104. The van der Waals surface area contributed by atoms with Crippen LogP contribution < -0.4 is 5.32 Å². The molecule has 0 aromatic heterocycles. The predicted molar refractivity (Wildman–Crippen MR) is 132 cm³/mol. The Kier molecular flexibility index (Phi) is 9.73. The summed E-state index contributed by atoms with van der Waals surface area (Å²) in [6, 6.07) is 14.7. The van der Waals surface area contributed by atoms with Crippen LogP contribution in [0.1, 0.15) is 45.2 Å². The summed E-state index contributed by atoms with van der Waals surface area (Å²) >= 11 is 14.4. The molecule has 2 aromatic rings. The zero-order valence-electron chi connectivity index (χ0n) is 18.5. The van der Waals surface area contributed by atoms with E-state index in [-0.39, 0.29) is 18.4 Å². The molecule has 0 aliphatic rings. The lowest BCUT2D eigenvalue weighted by Crippen LogP contribution is -2.52. The second kappa shape index (κ2) is 11.8. The third-order valence-corrected chi connectivity index (χ3v) is 6.37. The summed E-state index contributed by atoms with van der Waals surface area (Å²) in [5.41, 5.74) is 1.47. The quantitative estimate of drug-likeness (QED) is 0.451. The van der Waals surface area contributed by atoms with E-state index in [9.17, 15) is 9.59 Å². The van der Waals surface area contributed by atoms with Crippen molar-refractivity contribution in [2.45, 2.75) is 58.0 Å². The van der Waals surface area contributed by atoms with E-state index in [2.05, 4.69) is 17.4 Å². The summed E-state index contributed by atoms with van der Waals surface area (Å²) < 4.78 is 0. The van der Waals surface area contributed by atoms with Gasteiger partial charge in [0.25, 0.3) is 0 Å². The first-order chi connectivity index (χ1) is 14.6. The second-order valence-electron chi connectivity index (χ2n) is 8.43. The fourth-order valence-corrected chi connectivity index (χ4v) is 4.39. The van der Waals surface area contributed by atoms with Gasteiger partial charge in [-0.25, -0.2) is 0 Å². The first kappa shape index (κ1) is 25.6. The van der Waals surface area contributed by atoms with E-state index in [1.54, 1.807) is 41.8 Å². The SMILES string of the molecule is C[C@H](C(=O)NC(C)(C)C)N(Cc1c(Cl)cccc1Cl)C(=O)CCSCc1ccccc1. The second-order valence-corrected chi connectivity index (χ2v) is 10.3. The van der Waals surface area contributed by atoms with E-state index in [1.165, 1.54) is 5.56 Å². The molecule has 2 aromatic carbocycles. The maximum Gasteiger partial charge on any atom is 0.242 e. The molecule has 0 radical (unpaired) electrons. The van der Waals surface area contributed by atoms with E-state index >= 15 is 0 Å². The summed E-state index contributed by atoms with van der Waals surface area (Å²) in [5.74, 6) is 1.19. The zero-order valence-corrected chi connectivity index (χ0v) is 20.8. The molecule has 2 amide bonds. The fraction of sp³-hybridized carbons (Fsp3) is 0.417. The van der Waals surface area contributed by atoms with Crippen molar-refractivity contribution in [1.29, 1.82) is 0 Å². The zero-order chi connectivity index (χ0) is 23.0. The number of halogens is 2. The van der Waals surface area contributed by atoms with Gasteiger partial charge in [-0.05, 0) is 45.4 Å². The molecule has 0 bridgehead atoms. The number of nitrogens with one attached hydrogen (secondary N) is 1. The van der Waals surface area contributed by atoms with Crippen molar-refractivity contribution in [3.63, 3.8) is 0 Å². The van der Waals surface area contributed by atoms with Gasteiger partial charge in [0.2, 0.25) is 11.8 Å². The van der Waals surface area contributed by atoms with Crippen molar-refractivity contribution in [3.05, 3.63) is 69.7 Å². The Morgan fingerprint density at radius 3 is 2.23 bits per heavy atom. The third kappa shape index (κ3) is 8.40. The fourth-order valence-electron chi connectivity index (χ4n) is 2.98. The highest BCUT2D eigenvalue weighted by molar-refractivity contribution is 7.98. The molecule has 1 atom stereocenters. The highest BCUT2D eigenvalue weighted by Crippen LogP contribution is 2.27. The van der Waals surface area contributed by atoms with Crippen LogP contribution in [-0.4, -0.2) is 34.0 Å². The number of hydrogen-bond acceptors (Lipinski definition) is 3. The lowest BCUT2D eigenvalue weighted by atomic mass is 10.1. The van der Waals surface area contributed by atoms with Crippen LogP contribution in [0.25, 0.3) is 0 Å². The summed E-state index contributed by atoms with van der Waals surface area (Å²) in [5, 5.41) is 3.91. The number of amides is 2. The smallest absolute Gasteiger partial charge is 0.242 e. The van der Waals surface area contributed by atoms with E-state index in [0.717, 1.165) is 5.75 Å². The molecule has 0 saturated heterocycles. The van der Waals surface area contributed by atoms with Gasteiger partial charge in [0.1, 0.15) is 6.04 Å². The third-order valence-electron chi connectivity index (χ3n) is 4.63. The molecule has 0 aliphatic heterocycles. The Hall–Kier alpha value is -1.69. The minimum Gasteiger partial charge on any atom is -0.350 e. The van der Waals surface area contributed by atoms with E-state index < -0.39 is 11.6 Å². The van der Waals surface area contributed by atoms with Crippen LogP contribution in [0.4, 0.5) is 0 Å². The average Bonchev–Trinajstić information content (AvgIpc) is 2.70. The van der Waals surface area contributed by atoms with E-state index in [0.29, 0.717) is 27.8 Å². The molecule has 0 aliphatic carbocycles. The molecular weight excluding hydrogens is 451 g/mol. The summed E-state index contributed by atoms with van der Waals surface area (Å²) in [7, 11) is 0. The van der Waals surface area contributed by atoms with Gasteiger partial charge < -0.3 is 10.2 Å². The number of carbonyl (C=O) groups excluding carboxylic acids is 2. The van der Waals surface area contributed by atoms with E-state index in [1.807, 2.05) is 39.0 Å². The average molecular weight is 481 g/mol. The van der Waals surface area contributed by atoms with Gasteiger partial charge in [-0.3, -0.25) is 9.59 Å². The van der Waals surface area contributed by atoms with Gasteiger partial charge in [-0.1, -0.05) is 59.6 Å². The Morgan fingerprint density at radius 1 is 1.03 bits per heavy atom. The Morgan fingerprint density at radius 2 is 1.65 bits per heavy atom.